The minimum absolute atomic E-state index is 0.235. The number of aromatic nitrogens is 1. The van der Waals surface area contributed by atoms with Crippen LogP contribution in [0.25, 0.3) is 0 Å². The quantitative estimate of drug-likeness (QED) is 0.848. The van der Waals surface area contributed by atoms with Crippen LogP contribution >= 0.6 is 11.3 Å². The maximum atomic E-state index is 12.9. The second-order valence-electron chi connectivity index (χ2n) is 3.39. The summed E-state index contributed by atoms with van der Waals surface area (Å²) in [5, 5.41) is 1.91. The van der Waals surface area contributed by atoms with Gasteiger partial charge in [-0.15, -0.1) is 11.3 Å². The molecule has 0 aliphatic heterocycles. The largest absolute Gasteiger partial charge is 0.319 e. The molecule has 1 aromatic heterocycles. The van der Waals surface area contributed by atoms with Gasteiger partial charge in [-0.1, -0.05) is 6.07 Å². The summed E-state index contributed by atoms with van der Waals surface area (Å²) in [5.74, 6) is -0.235. The molecule has 2 rings (SSSR count). The molecular formula is C11H11FN2S. The molecule has 0 saturated carbocycles. The van der Waals surface area contributed by atoms with Crippen molar-refractivity contribution in [3.8, 4) is 0 Å². The lowest BCUT2D eigenvalue weighted by atomic mass is 10.00. The van der Waals surface area contributed by atoms with Crippen LogP contribution in [0.4, 0.5) is 4.39 Å². The summed E-state index contributed by atoms with van der Waals surface area (Å²) in [7, 11) is 0. The van der Waals surface area contributed by atoms with Gasteiger partial charge in [0, 0.05) is 5.38 Å². The highest BCUT2D eigenvalue weighted by Crippen LogP contribution is 2.22. The van der Waals surface area contributed by atoms with E-state index in [-0.39, 0.29) is 11.9 Å². The molecule has 0 aliphatic rings. The van der Waals surface area contributed by atoms with Crippen LogP contribution in [-0.2, 0) is 0 Å². The first-order chi connectivity index (χ1) is 7.18. The Morgan fingerprint density at radius 3 is 2.87 bits per heavy atom. The first kappa shape index (κ1) is 10.3. The lowest BCUT2D eigenvalue weighted by Gasteiger charge is -2.12. The molecule has 0 fully saturated rings. The van der Waals surface area contributed by atoms with Crippen molar-refractivity contribution in [2.45, 2.75) is 13.0 Å². The van der Waals surface area contributed by atoms with E-state index in [1.54, 1.807) is 11.6 Å². The van der Waals surface area contributed by atoms with E-state index in [1.165, 1.54) is 23.5 Å². The second kappa shape index (κ2) is 4.08. The van der Waals surface area contributed by atoms with Crippen molar-refractivity contribution in [3.63, 3.8) is 0 Å². The van der Waals surface area contributed by atoms with Crippen LogP contribution in [0.5, 0.6) is 0 Å². The molecule has 1 atom stereocenters. The van der Waals surface area contributed by atoms with E-state index in [2.05, 4.69) is 4.98 Å². The van der Waals surface area contributed by atoms with Crippen LogP contribution in [0, 0.1) is 12.7 Å². The van der Waals surface area contributed by atoms with Crippen LogP contribution in [0.1, 0.15) is 22.9 Å². The number of halogens is 1. The number of nitrogens with zero attached hydrogens (tertiary/aromatic N) is 1. The Morgan fingerprint density at radius 1 is 1.47 bits per heavy atom. The molecule has 0 aliphatic carbocycles. The Labute approximate surface area is 91.6 Å². The van der Waals surface area contributed by atoms with Gasteiger partial charge in [0.15, 0.2) is 0 Å². The monoisotopic (exact) mass is 222 g/mol. The Morgan fingerprint density at radius 2 is 2.27 bits per heavy atom. The summed E-state index contributed by atoms with van der Waals surface area (Å²) in [6.45, 7) is 1.85. The highest BCUT2D eigenvalue weighted by molar-refractivity contribution is 7.07. The fourth-order valence-electron chi connectivity index (χ4n) is 1.52. The standard InChI is InChI=1S/C11H11FN2S/c1-7-4-8(12)2-3-9(7)11(13)10-5-15-6-14-10/h2-6,11H,13H2,1H3. The lowest BCUT2D eigenvalue weighted by Crippen LogP contribution is -2.13. The average Bonchev–Trinajstić information content (AvgIpc) is 2.69. The lowest BCUT2D eigenvalue weighted by molar-refractivity contribution is 0.624. The highest BCUT2D eigenvalue weighted by Gasteiger charge is 2.13. The number of rotatable bonds is 2. The molecule has 0 amide bonds. The third-order valence-electron chi connectivity index (χ3n) is 2.34. The van der Waals surface area contributed by atoms with Crippen LogP contribution < -0.4 is 5.73 Å². The zero-order chi connectivity index (χ0) is 10.8. The van der Waals surface area contributed by atoms with Gasteiger partial charge in [0.1, 0.15) is 5.82 Å². The van der Waals surface area contributed by atoms with Crippen molar-refractivity contribution in [2.24, 2.45) is 5.73 Å². The van der Waals surface area contributed by atoms with Crippen molar-refractivity contribution in [1.82, 2.24) is 4.98 Å². The van der Waals surface area contributed by atoms with Crippen LogP contribution in [0.3, 0.4) is 0 Å². The predicted molar refractivity (Wildman–Crippen MR) is 59.3 cm³/mol. The zero-order valence-electron chi connectivity index (χ0n) is 8.27. The fraction of sp³-hybridized carbons (Fsp3) is 0.182. The van der Waals surface area contributed by atoms with E-state index >= 15 is 0 Å². The van der Waals surface area contributed by atoms with Gasteiger partial charge in [-0.05, 0) is 30.2 Å². The first-order valence-corrected chi connectivity index (χ1v) is 5.52. The Balaban J connectivity index is 2.38. The van der Waals surface area contributed by atoms with Gasteiger partial charge >= 0.3 is 0 Å². The molecule has 2 N–H and O–H groups in total. The van der Waals surface area contributed by atoms with Gasteiger partial charge in [-0.3, -0.25) is 0 Å². The summed E-state index contributed by atoms with van der Waals surface area (Å²) in [6.07, 6.45) is 0. The Kier molecular flexibility index (Phi) is 2.79. The Hall–Kier alpha value is -1.26. The van der Waals surface area contributed by atoms with E-state index in [0.717, 1.165) is 16.8 Å². The van der Waals surface area contributed by atoms with Gasteiger partial charge in [-0.2, -0.15) is 0 Å². The fourth-order valence-corrected chi connectivity index (χ4v) is 2.11. The minimum atomic E-state index is -0.267. The van der Waals surface area contributed by atoms with Crippen LogP contribution in [-0.4, -0.2) is 4.98 Å². The molecule has 0 spiro atoms. The number of thiazole rings is 1. The summed E-state index contributed by atoms with van der Waals surface area (Å²) in [6, 6.07) is 4.36. The maximum Gasteiger partial charge on any atom is 0.123 e. The van der Waals surface area contributed by atoms with Crippen molar-refractivity contribution < 1.29 is 4.39 Å². The topological polar surface area (TPSA) is 38.9 Å². The molecule has 4 heteroatoms. The molecule has 1 heterocycles. The summed E-state index contributed by atoms with van der Waals surface area (Å²) in [4.78, 5) is 4.16. The molecule has 0 radical (unpaired) electrons. The SMILES string of the molecule is Cc1cc(F)ccc1C(N)c1cscn1. The summed E-state index contributed by atoms with van der Waals surface area (Å²) >= 11 is 1.51. The molecule has 15 heavy (non-hydrogen) atoms. The average molecular weight is 222 g/mol. The smallest absolute Gasteiger partial charge is 0.123 e. The Bertz CT molecular complexity index is 454. The number of hydrogen-bond acceptors (Lipinski definition) is 3. The molecular weight excluding hydrogens is 211 g/mol. The van der Waals surface area contributed by atoms with E-state index in [4.69, 9.17) is 5.73 Å². The molecule has 2 aromatic rings. The summed E-state index contributed by atoms with van der Waals surface area (Å²) in [5.41, 5.74) is 10.4. The maximum absolute atomic E-state index is 12.9. The van der Waals surface area contributed by atoms with Crippen molar-refractivity contribution in [2.75, 3.05) is 0 Å². The van der Waals surface area contributed by atoms with E-state index in [1.807, 2.05) is 12.3 Å². The second-order valence-corrected chi connectivity index (χ2v) is 4.11. The highest BCUT2D eigenvalue weighted by atomic mass is 32.1. The molecule has 0 bridgehead atoms. The van der Waals surface area contributed by atoms with E-state index < -0.39 is 0 Å². The van der Waals surface area contributed by atoms with Crippen molar-refractivity contribution in [1.29, 1.82) is 0 Å². The van der Waals surface area contributed by atoms with Crippen molar-refractivity contribution >= 4 is 11.3 Å². The first-order valence-electron chi connectivity index (χ1n) is 4.58. The van der Waals surface area contributed by atoms with Gasteiger partial charge in [0.2, 0.25) is 0 Å². The predicted octanol–water partition coefficient (Wildman–Crippen LogP) is 2.64. The van der Waals surface area contributed by atoms with Crippen LogP contribution in [0.15, 0.2) is 29.1 Å². The number of aryl methyl sites for hydroxylation is 1. The van der Waals surface area contributed by atoms with E-state index in [9.17, 15) is 4.39 Å². The molecule has 78 valence electrons. The van der Waals surface area contributed by atoms with Crippen molar-refractivity contribution in [3.05, 3.63) is 51.7 Å². The summed E-state index contributed by atoms with van der Waals surface area (Å²) < 4.78 is 12.9. The molecule has 0 saturated heterocycles. The third kappa shape index (κ3) is 2.06. The molecule has 1 aromatic carbocycles. The number of nitrogens with two attached hydrogens (primary N) is 1. The zero-order valence-corrected chi connectivity index (χ0v) is 9.09. The minimum Gasteiger partial charge on any atom is -0.319 e. The van der Waals surface area contributed by atoms with E-state index in [0.29, 0.717) is 0 Å². The van der Waals surface area contributed by atoms with Gasteiger partial charge < -0.3 is 5.73 Å². The van der Waals surface area contributed by atoms with Crippen LogP contribution in [0.2, 0.25) is 0 Å². The van der Waals surface area contributed by atoms with Gasteiger partial charge in [0.25, 0.3) is 0 Å². The normalized spacial score (nSPS) is 12.7. The third-order valence-corrected chi connectivity index (χ3v) is 2.94. The van der Waals surface area contributed by atoms with Gasteiger partial charge in [-0.25, -0.2) is 9.37 Å². The molecule has 2 nitrogen and oxygen atoms in total. The molecule has 1 unspecified atom stereocenters. The number of hydrogen-bond donors (Lipinski definition) is 1. The number of benzene rings is 1. The van der Waals surface area contributed by atoms with Gasteiger partial charge in [0.05, 0.1) is 17.2 Å².